The lowest BCUT2D eigenvalue weighted by Crippen LogP contribution is -2.28. The van der Waals surface area contributed by atoms with Crippen molar-refractivity contribution in [3.63, 3.8) is 0 Å². The molecular weight excluding hydrogens is 552 g/mol. The van der Waals surface area contributed by atoms with Gasteiger partial charge < -0.3 is 9.64 Å². The highest BCUT2D eigenvalue weighted by Crippen LogP contribution is 2.36. The highest BCUT2D eigenvalue weighted by atomic mass is 35.5. The summed E-state index contributed by atoms with van der Waals surface area (Å²) in [5.74, 6) is -0.674. The standard InChI is InChI=1S/C25H20ClF2N7O3S/c1-11-4-13(14-5-19(26)30-8-17(14)38-3)15(7-29-11)23(36)34-25-33-16-9-35(10-18(16)39-25)24(37)21-20(22(27)28)31-6-12(2)32-21/h4-8,22H,9-10H2,1-3H3,(H,33,34,36). The first-order chi connectivity index (χ1) is 18.6. The zero-order chi connectivity index (χ0) is 27.8. The van der Waals surface area contributed by atoms with E-state index in [-0.39, 0.29) is 29.5 Å². The van der Waals surface area contributed by atoms with Crippen LogP contribution >= 0.6 is 22.9 Å². The molecule has 0 saturated carbocycles. The number of alkyl halides is 2. The number of methoxy groups -OCH3 is 1. The monoisotopic (exact) mass is 571 g/mol. The van der Waals surface area contributed by atoms with Gasteiger partial charge in [-0.15, -0.1) is 0 Å². The molecule has 5 heterocycles. The van der Waals surface area contributed by atoms with Crippen LogP contribution in [-0.4, -0.2) is 48.7 Å². The van der Waals surface area contributed by atoms with Crippen LogP contribution < -0.4 is 10.1 Å². The molecular formula is C25H20ClF2N7O3S. The van der Waals surface area contributed by atoms with Gasteiger partial charge in [0, 0.05) is 29.2 Å². The van der Waals surface area contributed by atoms with Crippen molar-refractivity contribution in [1.29, 1.82) is 0 Å². The number of rotatable bonds is 6. The molecule has 1 aliphatic rings. The summed E-state index contributed by atoms with van der Waals surface area (Å²) in [6.45, 7) is 3.60. The van der Waals surface area contributed by atoms with Gasteiger partial charge in [-0.3, -0.25) is 24.9 Å². The average molecular weight is 572 g/mol. The van der Waals surface area contributed by atoms with Crippen LogP contribution in [0.2, 0.25) is 5.15 Å². The van der Waals surface area contributed by atoms with Gasteiger partial charge in [-0.2, -0.15) is 0 Å². The van der Waals surface area contributed by atoms with Gasteiger partial charge in [-0.05, 0) is 26.0 Å². The Kier molecular flexibility index (Phi) is 7.19. The molecule has 0 aromatic carbocycles. The molecule has 5 rings (SSSR count). The minimum Gasteiger partial charge on any atom is -0.494 e. The molecule has 0 aliphatic carbocycles. The molecule has 0 atom stereocenters. The Morgan fingerprint density at radius 1 is 1.05 bits per heavy atom. The Labute approximate surface area is 230 Å². The maximum atomic E-state index is 13.4. The topological polar surface area (TPSA) is 123 Å². The minimum absolute atomic E-state index is 0.0862. The predicted octanol–water partition coefficient (Wildman–Crippen LogP) is 5.01. The van der Waals surface area contributed by atoms with Crippen molar-refractivity contribution < 1.29 is 23.1 Å². The fraction of sp³-hybridized carbons (Fsp3) is 0.240. The van der Waals surface area contributed by atoms with Crippen LogP contribution in [0.5, 0.6) is 5.75 Å². The van der Waals surface area contributed by atoms with Crippen molar-refractivity contribution in [1.82, 2.24) is 29.8 Å². The fourth-order valence-electron chi connectivity index (χ4n) is 4.11. The van der Waals surface area contributed by atoms with E-state index in [1.807, 2.05) is 0 Å². The molecule has 39 heavy (non-hydrogen) atoms. The van der Waals surface area contributed by atoms with E-state index in [0.29, 0.717) is 39.1 Å². The Hall–Kier alpha value is -4.10. The van der Waals surface area contributed by atoms with Crippen molar-refractivity contribution in [2.75, 3.05) is 12.4 Å². The van der Waals surface area contributed by atoms with E-state index in [0.717, 1.165) is 4.88 Å². The number of pyridine rings is 2. The summed E-state index contributed by atoms with van der Waals surface area (Å²) in [5, 5.41) is 3.35. The molecule has 14 heteroatoms. The summed E-state index contributed by atoms with van der Waals surface area (Å²) in [7, 11) is 1.49. The Balaban J connectivity index is 1.36. The van der Waals surface area contributed by atoms with Crippen molar-refractivity contribution in [2.45, 2.75) is 33.4 Å². The van der Waals surface area contributed by atoms with Crippen LogP contribution in [-0.2, 0) is 13.1 Å². The van der Waals surface area contributed by atoms with E-state index in [1.54, 1.807) is 26.0 Å². The first-order valence-corrected chi connectivity index (χ1v) is 12.7. The van der Waals surface area contributed by atoms with Gasteiger partial charge in [0.05, 0.1) is 48.2 Å². The number of amides is 2. The number of ether oxygens (including phenoxy) is 1. The lowest BCUT2D eigenvalue weighted by Gasteiger charge is -2.17. The number of nitrogens with zero attached hydrogens (tertiary/aromatic N) is 6. The zero-order valence-corrected chi connectivity index (χ0v) is 22.4. The molecule has 0 bridgehead atoms. The zero-order valence-electron chi connectivity index (χ0n) is 20.8. The predicted molar refractivity (Wildman–Crippen MR) is 139 cm³/mol. The second-order valence-corrected chi connectivity index (χ2v) is 10.1. The third kappa shape index (κ3) is 5.27. The first kappa shape index (κ1) is 26.5. The summed E-state index contributed by atoms with van der Waals surface area (Å²) >= 11 is 7.30. The quantitative estimate of drug-likeness (QED) is 0.320. The van der Waals surface area contributed by atoms with E-state index >= 15 is 0 Å². The normalized spacial score (nSPS) is 12.5. The summed E-state index contributed by atoms with van der Waals surface area (Å²) in [4.78, 5) is 48.8. The minimum atomic E-state index is -2.93. The van der Waals surface area contributed by atoms with Gasteiger partial charge in [0.15, 0.2) is 10.8 Å². The van der Waals surface area contributed by atoms with Crippen LogP contribution in [0.15, 0.2) is 30.7 Å². The number of nitrogens with one attached hydrogen (secondary N) is 1. The molecule has 1 N–H and O–H groups in total. The molecule has 1 aliphatic heterocycles. The number of carbonyl (C=O) groups is 2. The third-order valence-electron chi connectivity index (χ3n) is 5.92. The highest BCUT2D eigenvalue weighted by Gasteiger charge is 2.32. The SMILES string of the molecule is COc1cnc(Cl)cc1-c1cc(C)ncc1C(=O)Nc1nc2c(s1)CN(C(=O)c1nc(C)cnc1C(F)F)C2. The molecule has 0 radical (unpaired) electrons. The smallest absolute Gasteiger partial charge is 0.282 e. The number of carbonyl (C=O) groups excluding carboxylic acids is 2. The number of hydrogen-bond acceptors (Lipinski definition) is 9. The average Bonchev–Trinajstić information content (AvgIpc) is 3.46. The van der Waals surface area contributed by atoms with Crippen LogP contribution in [0.3, 0.4) is 0 Å². The van der Waals surface area contributed by atoms with Crippen LogP contribution in [0, 0.1) is 13.8 Å². The Bertz CT molecular complexity index is 1590. The van der Waals surface area contributed by atoms with E-state index in [4.69, 9.17) is 16.3 Å². The number of aryl methyl sites for hydroxylation is 2. The van der Waals surface area contributed by atoms with Gasteiger partial charge >= 0.3 is 0 Å². The molecule has 0 fully saturated rings. The second-order valence-electron chi connectivity index (χ2n) is 8.63. The number of hydrogen-bond donors (Lipinski definition) is 1. The summed E-state index contributed by atoms with van der Waals surface area (Å²) < 4.78 is 32.2. The molecule has 0 saturated heterocycles. The van der Waals surface area contributed by atoms with Gasteiger partial charge in [-0.25, -0.2) is 23.7 Å². The van der Waals surface area contributed by atoms with Crippen molar-refractivity contribution in [3.8, 4) is 16.9 Å². The van der Waals surface area contributed by atoms with E-state index in [9.17, 15) is 18.4 Å². The maximum Gasteiger partial charge on any atom is 0.282 e. The number of anilines is 1. The lowest BCUT2D eigenvalue weighted by molar-refractivity contribution is 0.0728. The van der Waals surface area contributed by atoms with Crippen molar-refractivity contribution in [3.05, 3.63) is 74.8 Å². The first-order valence-electron chi connectivity index (χ1n) is 11.5. The highest BCUT2D eigenvalue weighted by molar-refractivity contribution is 7.16. The number of thiazole rings is 1. The summed E-state index contributed by atoms with van der Waals surface area (Å²) in [6.07, 6.45) is 1.20. The third-order valence-corrected chi connectivity index (χ3v) is 7.13. The van der Waals surface area contributed by atoms with Crippen molar-refractivity contribution >= 4 is 39.9 Å². The molecule has 2 amide bonds. The van der Waals surface area contributed by atoms with Gasteiger partial charge in [-0.1, -0.05) is 22.9 Å². The van der Waals surface area contributed by atoms with Crippen molar-refractivity contribution in [2.24, 2.45) is 0 Å². The van der Waals surface area contributed by atoms with Crippen LogP contribution in [0.25, 0.3) is 11.1 Å². The summed E-state index contributed by atoms with van der Waals surface area (Å²) in [6, 6.07) is 3.35. The molecule has 4 aromatic rings. The number of aromatic nitrogens is 5. The van der Waals surface area contributed by atoms with E-state index < -0.39 is 23.9 Å². The number of halogens is 3. The van der Waals surface area contributed by atoms with E-state index in [1.165, 1.54) is 41.9 Å². The van der Waals surface area contributed by atoms with E-state index in [2.05, 4.69) is 30.2 Å². The number of fused-ring (bicyclic) bond motifs is 1. The van der Waals surface area contributed by atoms with Crippen LogP contribution in [0.1, 0.15) is 54.9 Å². The molecule has 10 nitrogen and oxygen atoms in total. The van der Waals surface area contributed by atoms with Crippen LogP contribution in [0.4, 0.5) is 13.9 Å². The van der Waals surface area contributed by atoms with Gasteiger partial charge in [0.2, 0.25) is 0 Å². The second kappa shape index (κ2) is 10.6. The van der Waals surface area contributed by atoms with Gasteiger partial charge in [0.1, 0.15) is 16.6 Å². The fourth-order valence-corrected chi connectivity index (χ4v) is 5.25. The molecule has 200 valence electrons. The summed E-state index contributed by atoms with van der Waals surface area (Å²) in [5.41, 5.74) is 1.97. The largest absolute Gasteiger partial charge is 0.494 e. The molecule has 4 aromatic heterocycles. The van der Waals surface area contributed by atoms with Gasteiger partial charge in [0.25, 0.3) is 18.2 Å². The Morgan fingerprint density at radius 2 is 1.85 bits per heavy atom. The lowest BCUT2D eigenvalue weighted by atomic mass is 10.0. The Morgan fingerprint density at radius 3 is 2.56 bits per heavy atom. The molecule has 0 spiro atoms. The molecule has 0 unspecified atom stereocenters. The maximum absolute atomic E-state index is 13.4.